The Bertz CT molecular complexity index is 948. The topological polar surface area (TPSA) is 137 Å². The zero-order valence-electron chi connectivity index (χ0n) is 37.2. The summed E-state index contributed by atoms with van der Waals surface area (Å²) in [5.74, 6) is 0. The van der Waals surface area contributed by atoms with E-state index in [4.69, 9.17) is 61.6 Å². The molecule has 0 aliphatic rings. The van der Waals surface area contributed by atoms with Gasteiger partial charge in [0.1, 0.15) is 0 Å². The standard InChI is InChI=1S/C39H83NO12Si/c1-19-26-42-32(43-31-24-25-40)48-38(41-18,49-34(9,10)11)51-53(50-35(12,13)14,37(17,33(6,7)8)36(15,16)44-27-20-2)52-39(45-28-21-3,46-29-22-4)47-30-23-5/h32H,19-31,40H2,1-18H3. The van der Waals surface area contributed by atoms with Gasteiger partial charge in [-0.15, -0.1) is 0 Å². The average molecular weight is 786 g/mol. The zero-order valence-corrected chi connectivity index (χ0v) is 38.2. The molecule has 2 N–H and O–H groups in total. The first-order valence-electron chi connectivity index (χ1n) is 19.9. The van der Waals surface area contributed by atoms with Crippen molar-refractivity contribution in [3.05, 3.63) is 0 Å². The van der Waals surface area contributed by atoms with Gasteiger partial charge in [-0.25, -0.2) is 4.74 Å². The van der Waals surface area contributed by atoms with Crippen LogP contribution in [0, 0.1) is 5.41 Å². The number of rotatable bonds is 30. The fraction of sp³-hybridized carbons (Fsp3) is 1.00. The highest BCUT2D eigenvalue weighted by molar-refractivity contribution is 6.65. The molecule has 53 heavy (non-hydrogen) atoms. The second kappa shape index (κ2) is 23.2. The molecule has 0 saturated carbocycles. The number of nitrogens with two attached hydrogens (primary N) is 1. The predicted molar refractivity (Wildman–Crippen MR) is 210 cm³/mol. The molecule has 0 aromatic rings. The molecule has 4 unspecified atom stereocenters. The van der Waals surface area contributed by atoms with Crippen LogP contribution in [0.5, 0.6) is 0 Å². The summed E-state index contributed by atoms with van der Waals surface area (Å²) in [4.78, 5) is 0. The molecule has 0 spiro atoms. The molecule has 0 bridgehead atoms. The molecule has 14 heteroatoms. The van der Waals surface area contributed by atoms with Crippen LogP contribution in [0.2, 0.25) is 5.04 Å². The van der Waals surface area contributed by atoms with E-state index >= 15 is 0 Å². The van der Waals surface area contributed by atoms with E-state index in [1.807, 2.05) is 90.0 Å². The summed E-state index contributed by atoms with van der Waals surface area (Å²) in [5, 5.41) is -1.17. The molecule has 0 saturated heterocycles. The first-order chi connectivity index (χ1) is 24.4. The van der Waals surface area contributed by atoms with Crippen molar-refractivity contribution in [3.63, 3.8) is 0 Å². The van der Waals surface area contributed by atoms with Crippen molar-refractivity contribution in [1.29, 1.82) is 0 Å². The maximum atomic E-state index is 7.42. The maximum Gasteiger partial charge on any atom is 0.522 e. The highest BCUT2D eigenvalue weighted by Crippen LogP contribution is 2.64. The van der Waals surface area contributed by atoms with Crippen molar-refractivity contribution in [1.82, 2.24) is 0 Å². The summed E-state index contributed by atoms with van der Waals surface area (Å²) < 4.78 is 80.1. The number of hydrogen-bond acceptors (Lipinski definition) is 13. The third kappa shape index (κ3) is 16.6. The number of ether oxygens (including phenoxy) is 9. The van der Waals surface area contributed by atoms with Crippen molar-refractivity contribution in [2.45, 2.75) is 197 Å². The highest BCUT2D eigenvalue weighted by atomic mass is 28.4. The fourth-order valence-corrected chi connectivity index (χ4v) is 9.79. The van der Waals surface area contributed by atoms with Gasteiger partial charge in [-0.3, -0.25) is 13.6 Å². The average Bonchev–Trinajstić information content (AvgIpc) is 3.04. The fourth-order valence-electron chi connectivity index (χ4n) is 5.51. The van der Waals surface area contributed by atoms with E-state index in [1.165, 1.54) is 7.11 Å². The molecule has 0 radical (unpaired) electrons. The van der Waals surface area contributed by atoms with E-state index in [-0.39, 0.29) is 26.4 Å². The van der Waals surface area contributed by atoms with Crippen LogP contribution in [0.15, 0.2) is 0 Å². The molecule has 0 rings (SSSR count). The molecular weight excluding hydrogens is 703 g/mol. The van der Waals surface area contributed by atoms with Crippen LogP contribution in [0.1, 0.15) is 156 Å². The molecule has 0 aliphatic carbocycles. The molecule has 0 fully saturated rings. The maximum absolute atomic E-state index is 7.42. The van der Waals surface area contributed by atoms with Crippen LogP contribution in [-0.4, -0.2) is 97.7 Å². The van der Waals surface area contributed by atoms with Gasteiger partial charge in [0.25, 0.3) is 6.48 Å². The second-order valence-corrected chi connectivity index (χ2v) is 19.7. The summed E-state index contributed by atoms with van der Waals surface area (Å²) in [5.41, 5.74) is 2.32. The molecule has 4 atom stereocenters. The van der Waals surface area contributed by atoms with Crippen molar-refractivity contribution in [3.8, 4) is 0 Å². The Kier molecular flexibility index (Phi) is 23.1. The van der Waals surface area contributed by atoms with Crippen molar-refractivity contribution < 1.29 is 55.9 Å². The van der Waals surface area contributed by atoms with Crippen LogP contribution in [0.3, 0.4) is 0 Å². The zero-order chi connectivity index (χ0) is 41.3. The van der Waals surface area contributed by atoms with E-state index in [2.05, 4.69) is 27.7 Å². The molecule has 0 aromatic heterocycles. The molecule has 0 aromatic carbocycles. The van der Waals surface area contributed by atoms with Gasteiger partial charge in [0, 0.05) is 13.7 Å². The van der Waals surface area contributed by atoms with Gasteiger partial charge in [-0.1, -0.05) is 62.3 Å². The summed E-state index contributed by atoms with van der Waals surface area (Å²) in [6, 6.07) is 0. The first kappa shape index (κ1) is 52.7. The van der Waals surface area contributed by atoms with Crippen LogP contribution in [0.25, 0.3) is 0 Å². The van der Waals surface area contributed by atoms with E-state index in [1.54, 1.807) is 0 Å². The minimum atomic E-state index is -4.69. The Morgan fingerprint density at radius 1 is 0.528 bits per heavy atom. The summed E-state index contributed by atoms with van der Waals surface area (Å²) in [6.45, 7) is 34.7. The third-order valence-corrected chi connectivity index (χ3v) is 12.9. The number of methoxy groups -OCH3 is 1. The van der Waals surface area contributed by atoms with Gasteiger partial charge in [0.15, 0.2) is 0 Å². The van der Waals surface area contributed by atoms with Crippen LogP contribution in [0.4, 0.5) is 0 Å². The normalized spacial score (nSPS) is 17.7. The van der Waals surface area contributed by atoms with Crippen LogP contribution in [-0.2, 0) is 55.9 Å². The Morgan fingerprint density at radius 3 is 1.34 bits per heavy atom. The monoisotopic (exact) mass is 786 g/mol. The van der Waals surface area contributed by atoms with Gasteiger partial charge >= 0.3 is 21.1 Å². The lowest BCUT2D eigenvalue weighted by atomic mass is 9.71. The quantitative estimate of drug-likeness (QED) is 0.0422. The van der Waals surface area contributed by atoms with Gasteiger partial charge in [-0.05, 0) is 106 Å². The predicted octanol–water partition coefficient (Wildman–Crippen LogP) is 8.84. The van der Waals surface area contributed by atoms with Crippen molar-refractivity contribution in [2.24, 2.45) is 11.1 Å². The van der Waals surface area contributed by atoms with Crippen LogP contribution >= 0.6 is 0 Å². The van der Waals surface area contributed by atoms with Crippen molar-refractivity contribution in [2.75, 3.05) is 53.3 Å². The molecule has 13 nitrogen and oxygen atoms in total. The Balaban J connectivity index is 8.66. The van der Waals surface area contributed by atoms with Gasteiger partial charge in [0.05, 0.1) is 54.9 Å². The Hall–Kier alpha value is -0.303. The second-order valence-electron chi connectivity index (χ2n) is 17.0. The highest BCUT2D eigenvalue weighted by Gasteiger charge is 2.77. The van der Waals surface area contributed by atoms with E-state index < -0.39 is 54.9 Å². The minimum absolute atomic E-state index is 0.249. The minimum Gasteiger partial charge on any atom is -0.375 e. The SMILES string of the molecule is CCCOC(OCCCN)OC(OC)(OC(C)(C)C)O[Si](OC(C)(C)C)(OC(OCCC)(OCCC)OCCC)C(C)(C(C)(C)C)C(C)(C)OCCC. The van der Waals surface area contributed by atoms with Gasteiger partial charge in [0.2, 0.25) is 0 Å². The smallest absolute Gasteiger partial charge is 0.375 e. The summed E-state index contributed by atoms with van der Waals surface area (Å²) in [6.07, 6.45) is -0.414. The van der Waals surface area contributed by atoms with Gasteiger partial charge in [-0.2, -0.15) is 0 Å². The molecular formula is C39H83NO12Si. The summed E-state index contributed by atoms with van der Waals surface area (Å²) >= 11 is 0. The number of hydrogen-bond donors (Lipinski definition) is 1. The third-order valence-electron chi connectivity index (χ3n) is 8.37. The molecule has 0 amide bonds. The molecule has 320 valence electrons. The Morgan fingerprint density at radius 2 is 0.962 bits per heavy atom. The Labute approximate surface area is 325 Å². The largest absolute Gasteiger partial charge is 0.522 e. The van der Waals surface area contributed by atoms with Crippen LogP contribution < -0.4 is 5.73 Å². The van der Waals surface area contributed by atoms with E-state index in [0.717, 1.165) is 6.42 Å². The van der Waals surface area contributed by atoms with Crippen molar-refractivity contribution >= 4 is 8.80 Å². The lowest BCUT2D eigenvalue weighted by Gasteiger charge is -2.60. The molecule has 0 heterocycles. The van der Waals surface area contributed by atoms with E-state index in [9.17, 15) is 0 Å². The lowest BCUT2D eigenvalue weighted by Crippen LogP contribution is -2.74. The van der Waals surface area contributed by atoms with E-state index in [0.29, 0.717) is 51.9 Å². The van der Waals surface area contributed by atoms with Gasteiger partial charge < -0.3 is 43.3 Å². The lowest BCUT2D eigenvalue weighted by molar-refractivity contribution is -0.547. The summed E-state index contributed by atoms with van der Waals surface area (Å²) in [7, 11) is -3.26. The molecule has 0 aliphatic heterocycles. The first-order valence-corrected chi connectivity index (χ1v) is 21.6.